The van der Waals surface area contributed by atoms with Crippen LogP contribution >= 0.6 is 0 Å². The third-order valence-corrected chi connectivity index (χ3v) is 3.69. The molecule has 1 aromatic rings. The van der Waals surface area contributed by atoms with Gasteiger partial charge in [0.25, 0.3) is 0 Å². The third-order valence-electron chi connectivity index (χ3n) is 3.69. The predicted octanol–water partition coefficient (Wildman–Crippen LogP) is 1.28. The van der Waals surface area contributed by atoms with Crippen LogP contribution in [0, 0.1) is 0 Å². The van der Waals surface area contributed by atoms with Gasteiger partial charge in [0.2, 0.25) is 5.91 Å². The lowest BCUT2D eigenvalue weighted by Gasteiger charge is -2.11. The summed E-state index contributed by atoms with van der Waals surface area (Å²) in [6.45, 7) is 0.755. The smallest absolute Gasteiger partial charge is 0.244 e. The maximum Gasteiger partial charge on any atom is 0.244 e. The van der Waals surface area contributed by atoms with Crippen LogP contribution in [0.15, 0.2) is 24.3 Å². The Balaban J connectivity index is 1.64. The minimum absolute atomic E-state index is 0.0166. The van der Waals surface area contributed by atoms with E-state index in [9.17, 15) is 4.79 Å². The van der Waals surface area contributed by atoms with Crippen LogP contribution in [0.5, 0.6) is 5.75 Å². The zero-order valence-corrected chi connectivity index (χ0v) is 10.7. The van der Waals surface area contributed by atoms with Gasteiger partial charge >= 0.3 is 0 Å². The van der Waals surface area contributed by atoms with Crippen molar-refractivity contribution in [3.63, 3.8) is 0 Å². The molecular weight excluding hydrogens is 242 g/mol. The fourth-order valence-electron chi connectivity index (χ4n) is 2.26. The molecule has 0 atom stereocenters. The second-order valence-corrected chi connectivity index (χ2v) is 5.23. The van der Waals surface area contributed by atoms with Crippen molar-refractivity contribution >= 4 is 12.0 Å². The highest BCUT2D eigenvalue weighted by Gasteiger charge is 2.42. The standard InChI is InChI=1S/C15H17NO3/c17-10-15(6-7-15)16-14(18)4-2-11-1-3-13-12(9-11)5-8-19-13/h1-4,9,17H,5-8,10H2,(H,16,18)/b4-2+. The van der Waals surface area contributed by atoms with Crippen molar-refractivity contribution in [2.24, 2.45) is 0 Å². The summed E-state index contributed by atoms with van der Waals surface area (Å²) in [5.41, 5.74) is 1.83. The number of nitrogens with one attached hydrogen (secondary N) is 1. The van der Waals surface area contributed by atoms with Gasteiger partial charge in [-0.3, -0.25) is 4.79 Å². The summed E-state index contributed by atoms with van der Waals surface area (Å²) in [7, 11) is 0. The molecule has 0 aromatic heterocycles. The van der Waals surface area contributed by atoms with E-state index >= 15 is 0 Å². The van der Waals surface area contributed by atoms with Crippen LogP contribution in [0.2, 0.25) is 0 Å². The quantitative estimate of drug-likeness (QED) is 0.801. The van der Waals surface area contributed by atoms with Crippen LogP contribution in [-0.2, 0) is 11.2 Å². The van der Waals surface area contributed by atoms with E-state index in [0.717, 1.165) is 37.2 Å². The second-order valence-electron chi connectivity index (χ2n) is 5.23. The van der Waals surface area contributed by atoms with E-state index in [1.54, 1.807) is 6.08 Å². The number of ether oxygens (including phenoxy) is 1. The number of fused-ring (bicyclic) bond motifs is 1. The van der Waals surface area contributed by atoms with E-state index in [-0.39, 0.29) is 18.1 Å². The largest absolute Gasteiger partial charge is 0.493 e. The normalized spacial score (nSPS) is 19.0. The first-order valence-electron chi connectivity index (χ1n) is 6.58. The minimum atomic E-state index is -0.354. The molecule has 2 aliphatic rings. The summed E-state index contributed by atoms with van der Waals surface area (Å²) in [5.74, 6) is 0.794. The van der Waals surface area contributed by atoms with Gasteiger partial charge in [-0.2, -0.15) is 0 Å². The Morgan fingerprint density at radius 2 is 2.32 bits per heavy atom. The van der Waals surface area contributed by atoms with Gasteiger partial charge in [0.1, 0.15) is 5.75 Å². The third kappa shape index (κ3) is 2.63. The van der Waals surface area contributed by atoms with Crippen LogP contribution in [0.4, 0.5) is 0 Å². The van der Waals surface area contributed by atoms with Crippen molar-refractivity contribution in [3.05, 3.63) is 35.4 Å². The number of rotatable bonds is 4. The fourth-order valence-corrected chi connectivity index (χ4v) is 2.26. The van der Waals surface area contributed by atoms with Gasteiger partial charge in [-0.15, -0.1) is 0 Å². The molecule has 1 aromatic carbocycles. The minimum Gasteiger partial charge on any atom is -0.493 e. The van der Waals surface area contributed by atoms with Crippen molar-refractivity contribution in [3.8, 4) is 5.75 Å². The Morgan fingerprint density at radius 3 is 3.05 bits per heavy atom. The van der Waals surface area contributed by atoms with Gasteiger partial charge in [-0.05, 0) is 42.2 Å². The Morgan fingerprint density at radius 1 is 1.47 bits per heavy atom. The molecule has 1 saturated carbocycles. The molecule has 4 nitrogen and oxygen atoms in total. The number of aliphatic hydroxyl groups is 1. The van der Waals surface area contributed by atoms with E-state index in [4.69, 9.17) is 9.84 Å². The van der Waals surface area contributed by atoms with Crippen LogP contribution in [0.1, 0.15) is 24.0 Å². The van der Waals surface area contributed by atoms with Crippen molar-refractivity contribution in [1.82, 2.24) is 5.32 Å². The molecule has 100 valence electrons. The lowest BCUT2D eigenvalue weighted by atomic mass is 10.1. The van der Waals surface area contributed by atoms with E-state index in [0.29, 0.717) is 0 Å². The molecule has 4 heteroatoms. The molecule has 0 radical (unpaired) electrons. The number of aliphatic hydroxyl groups excluding tert-OH is 1. The fraction of sp³-hybridized carbons (Fsp3) is 0.400. The topological polar surface area (TPSA) is 58.6 Å². The van der Waals surface area contributed by atoms with Gasteiger partial charge in [0, 0.05) is 12.5 Å². The molecule has 2 N–H and O–H groups in total. The maximum atomic E-state index is 11.7. The zero-order chi connectivity index (χ0) is 13.3. The van der Waals surface area contributed by atoms with Crippen molar-refractivity contribution in [1.29, 1.82) is 0 Å². The Kier molecular flexibility index (Phi) is 3.03. The van der Waals surface area contributed by atoms with E-state index in [1.807, 2.05) is 18.2 Å². The van der Waals surface area contributed by atoms with Crippen molar-refractivity contribution in [2.45, 2.75) is 24.8 Å². The monoisotopic (exact) mass is 259 g/mol. The summed E-state index contributed by atoms with van der Waals surface area (Å²) < 4.78 is 5.44. The van der Waals surface area contributed by atoms with Gasteiger partial charge < -0.3 is 15.2 Å². The predicted molar refractivity (Wildman–Crippen MR) is 71.9 cm³/mol. The lowest BCUT2D eigenvalue weighted by molar-refractivity contribution is -0.117. The van der Waals surface area contributed by atoms with Crippen LogP contribution < -0.4 is 10.1 Å². The molecule has 19 heavy (non-hydrogen) atoms. The van der Waals surface area contributed by atoms with Gasteiger partial charge in [0.15, 0.2) is 0 Å². The number of amides is 1. The molecule has 1 heterocycles. The molecule has 1 fully saturated rings. The molecule has 1 amide bonds. The Labute approximate surface area is 112 Å². The Bertz CT molecular complexity index is 532. The first-order valence-corrected chi connectivity index (χ1v) is 6.58. The molecular formula is C15H17NO3. The average Bonchev–Trinajstić information content (AvgIpc) is 3.03. The highest BCUT2D eigenvalue weighted by Crippen LogP contribution is 2.34. The molecule has 0 unspecified atom stereocenters. The first kappa shape index (κ1) is 12.2. The lowest BCUT2D eigenvalue weighted by Crippen LogP contribution is -2.38. The van der Waals surface area contributed by atoms with Crippen LogP contribution in [0.3, 0.4) is 0 Å². The molecule has 0 bridgehead atoms. The molecule has 0 saturated heterocycles. The van der Waals surface area contributed by atoms with Crippen molar-refractivity contribution in [2.75, 3.05) is 13.2 Å². The van der Waals surface area contributed by atoms with Gasteiger partial charge in [-0.1, -0.05) is 6.07 Å². The summed E-state index contributed by atoms with van der Waals surface area (Å²) in [6, 6.07) is 5.92. The molecule has 3 rings (SSSR count). The average molecular weight is 259 g/mol. The SMILES string of the molecule is O=C(/C=C/c1ccc2c(c1)CCO2)NC1(CO)CC1. The zero-order valence-electron chi connectivity index (χ0n) is 10.7. The number of carbonyl (C=O) groups excluding carboxylic acids is 1. The second kappa shape index (κ2) is 4.70. The molecule has 1 aliphatic heterocycles. The number of carbonyl (C=O) groups is 1. The highest BCUT2D eigenvalue weighted by atomic mass is 16.5. The van der Waals surface area contributed by atoms with Crippen LogP contribution in [0.25, 0.3) is 6.08 Å². The summed E-state index contributed by atoms with van der Waals surface area (Å²) in [5, 5.41) is 12.0. The highest BCUT2D eigenvalue weighted by molar-refractivity contribution is 5.92. The summed E-state index contributed by atoms with van der Waals surface area (Å²) >= 11 is 0. The number of hydrogen-bond acceptors (Lipinski definition) is 3. The number of benzene rings is 1. The first-order chi connectivity index (χ1) is 9.21. The van der Waals surface area contributed by atoms with Crippen molar-refractivity contribution < 1.29 is 14.6 Å². The Hall–Kier alpha value is -1.81. The van der Waals surface area contributed by atoms with Gasteiger partial charge in [0.05, 0.1) is 18.8 Å². The van der Waals surface area contributed by atoms with Crippen LogP contribution in [-0.4, -0.2) is 29.8 Å². The van der Waals surface area contributed by atoms with E-state index in [1.165, 1.54) is 11.6 Å². The summed E-state index contributed by atoms with van der Waals surface area (Å²) in [4.78, 5) is 11.7. The maximum absolute atomic E-state index is 11.7. The number of hydrogen-bond donors (Lipinski definition) is 2. The van der Waals surface area contributed by atoms with E-state index < -0.39 is 0 Å². The summed E-state index contributed by atoms with van der Waals surface area (Å²) in [6.07, 6.45) is 5.96. The molecule has 0 spiro atoms. The molecule has 1 aliphatic carbocycles. The van der Waals surface area contributed by atoms with E-state index in [2.05, 4.69) is 5.32 Å². The van der Waals surface area contributed by atoms with Gasteiger partial charge in [-0.25, -0.2) is 0 Å².